The van der Waals surface area contributed by atoms with E-state index in [1.165, 1.54) is 5.56 Å². The van der Waals surface area contributed by atoms with Crippen LogP contribution >= 0.6 is 0 Å². The predicted molar refractivity (Wildman–Crippen MR) is 104 cm³/mol. The highest BCUT2D eigenvalue weighted by atomic mass is 16.5. The molecule has 0 bridgehead atoms. The third-order valence-electron chi connectivity index (χ3n) is 4.32. The van der Waals surface area contributed by atoms with Gasteiger partial charge in [0.15, 0.2) is 6.10 Å². The maximum absolute atomic E-state index is 12.6. The van der Waals surface area contributed by atoms with E-state index in [0.717, 1.165) is 35.4 Å². The summed E-state index contributed by atoms with van der Waals surface area (Å²) in [4.78, 5) is 12.6. The molecule has 0 radical (unpaired) electrons. The molecule has 1 unspecified atom stereocenters. The quantitative estimate of drug-likeness (QED) is 0.725. The van der Waals surface area contributed by atoms with E-state index in [2.05, 4.69) is 44.3 Å². The normalized spacial score (nSPS) is 12.1. The number of nitrogens with one attached hydrogen (secondary N) is 1. The molecule has 1 atom stereocenters. The number of ether oxygens (including phenoxy) is 1. The standard InChI is InChI=1S/C22H29NO2/c1-6-8-18-11-13-19(14-12-18)25-17(5)22(24)23-21-16(4)9-7-10-20(21)15(2)3/h7,9-15,17H,6,8H2,1-5H3,(H,23,24). The fraction of sp³-hybridized carbons (Fsp3) is 0.409. The molecular formula is C22H29NO2. The number of carbonyl (C=O) groups excluding carboxylic acids is 1. The number of hydrogen-bond donors (Lipinski definition) is 1. The highest BCUT2D eigenvalue weighted by Gasteiger charge is 2.18. The molecule has 3 nitrogen and oxygen atoms in total. The Morgan fingerprint density at radius 3 is 2.36 bits per heavy atom. The first kappa shape index (κ1) is 19.0. The fourth-order valence-electron chi connectivity index (χ4n) is 2.85. The molecule has 0 aliphatic rings. The van der Waals surface area contributed by atoms with Crippen LogP contribution in [0, 0.1) is 6.92 Å². The molecule has 0 aliphatic carbocycles. The lowest BCUT2D eigenvalue weighted by molar-refractivity contribution is -0.122. The van der Waals surface area contributed by atoms with Gasteiger partial charge in [-0.1, -0.05) is 57.5 Å². The predicted octanol–water partition coefficient (Wildman–Crippen LogP) is 5.48. The van der Waals surface area contributed by atoms with Crippen molar-refractivity contribution in [2.75, 3.05) is 5.32 Å². The lowest BCUT2D eigenvalue weighted by Crippen LogP contribution is -2.30. The van der Waals surface area contributed by atoms with Gasteiger partial charge < -0.3 is 10.1 Å². The van der Waals surface area contributed by atoms with Gasteiger partial charge in [-0.15, -0.1) is 0 Å². The molecular weight excluding hydrogens is 310 g/mol. The molecule has 3 heteroatoms. The van der Waals surface area contributed by atoms with Crippen molar-refractivity contribution in [3.05, 3.63) is 59.2 Å². The lowest BCUT2D eigenvalue weighted by Gasteiger charge is -2.19. The summed E-state index contributed by atoms with van der Waals surface area (Å²) in [5, 5.41) is 3.05. The van der Waals surface area contributed by atoms with Crippen LogP contribution in [0.15, 0.2) is 42.5 Å². The Morgan fingerprint density at radius 1 is 1.08 bits per heavy atom. The monoisotopic (exact) mass is 339 g/mol. The van der Waals surface area contributed by atoms with Gasteiger partial charge in [0, 0.05) is 5.69 Å². The second-order valence-corrected chi connectivity index (χ2v) is 6.84. The molecule has 1 amide bonds. The fourth-order valence-corrected chi connectivity index (χ4v) is 2.85. The van der Waals surface area contributed by atoms with E-state index >= 15 is 0 Å². The van der Waals surface area contributed by atoms with Gasteiger partial charge >= 0.3 is 0 Å². The first-order valence-corrected chi connectivity index (χ1v) is 9.08. The number of rotatable bonds is 7. The van der Waals surface area contributed by atoms with Crippen LogP contribution < -0.4 is 10.1 Å². The van der Waals surface area contributed by atoms with Gasteiger partial charge in [-0.05, 0) is 55.0 Å². The topological polar surface area (TPSA) is 38.3 Å². The van der Waals surface area contributed by atoms with Gasteiger partial charge in [0.1, 0.15) is 5.75 Å². The largest absolute Gasteiger partial charge is 0.481 e. The Kier molecular flexibility index (Phi) is 6.63. The molecule has 0 fully saturated rings. The van der Waals surface area contributed by atoms with E-state index in [0.29, 0.717) is 5.92 Å². The zero-order valence-electron chi connectivity index (χ0n) is 15.9. The molecule has 134 valence electrons. The molecule has 1 N–H and O–H groups in total. The number of benzene rings is 2. The van der Waals surface area contributed by atoms with Crippen LogP contribution in [0.4, 0.5) is 5.69 Å². The van der Waals surface area contributed by atoms with Crippen molar-refractivity contribution in [3.63, 3.8) is 0 Å². The van der Waals surface area contributed by atoms with Crippen LogP contribution in [-0.4, -0.2) is 12.0 Å². The third kappa shape index (κ3) is 5.09. The zero-order chi connectivity index (χ0) is 18.4. The molecule has 0 heterocycles. The van der Waals surface area contributed by atoms with Crippen molar-refractivity contribution in [1.29, 1.82) is 0 Å². The van der Waals surface area contributed by atoms with Crippen LogP contribution in [0.5, 0.6) is 5.75 Å². The van der Waals surface area contributed by atoms with Crippen molar-refractivity contribution >= 4 is 11.6 Å². The van der Waals surface area contributed by atoms with Crippen molar-refractivity contribution in [3.8, 4) is 5.75 Å². The highest BCUT2D eigenvalue weighted by molar-refractivity contribution is 5.95. The minimum Gasteiger partial charge on any atom is -0.481 e. The van der Waals surface area contributed by atoms with Gasteiger partial charge in [0.25, 0.3) is 5.91 Å². The number of aryl methyl sites for hydroxylation is 2. The summed E-state index contributed by atoms with van der Waals surface area (Å²) >= 11 is 0. The number of para-hydroxylation sites is 1. The minimum absolute atomic E-state index is 0.131. The summed E-state index contributed by atoms with van der Waals surface area (Å²) < 4.78 is 5.81. The van der Waals surface area contributed by atoms with E-state index < -0.39 is 6.10 Å². The second-order valence-electron chi connectivity index (χ2n) is 6.84. The van der Waals surface area contributed by atoms with Crippen LogP contribution in [0.3, 0.4) is 0 Å². The maximum atomic E-state index is 12.6. The third-order valence-corrected chi connectivity index (χ3v) is 4.32. The van der Waals surface area contributed by atoms with E-state index in [-0.39, 0.29) is 5.91 Å². The van der Waals surface area contributed by atoms with E-state index in [1.54, 1.807) is 6.92 Å². The molecule has 0 aromatic heterocycles. The van der Waals surface area contributed by atoms with Crippen LogP contribution in [-0.2, 0) is 11.2 Å². The van der Waals surface area contributed by atoms with Gasteiger partial charge in [-0.2, -0.15) is 0 Å². The Morgan fingerprint density at radius 2 is 1.76 bits per heavy atom. The van der Waals surface area contributed by atoms with Crippen molar-refractivity contribution in [2.45, 2.75) is 59.5 Å². The van der Waals surface area contributed by atoms with Gasteiger partial charge in [-0.3, -0.25) is 4.79 Å². The Labute approximate surface area is 151 Å². The van der Waals surface area contributed by atoms with E-state index in [4.69, 9.17) is 4.74 Å². The maximum Gasteiger partial charge on any atom is 0.265 e. The molecule has 2 aromatic rings. The van der Waals surface area contributed by atoms with Crippen molar-refractivity contribution in [2.24, 2.45) is 0 Å². The Balaban J connectivity index is 2.06. The van der Waals surface area contributed by atoms with E-state index in [9.17, 15) is 4.79 Å². The van der Waals surface area contributed by atoms with Crippen LogP contribution in [0.2, 0.25) is 0 Å². The van der Waals surface area contributed by atoms with Crippen molar-refractivity contribution in [1.82, 2.24) is 0 Å². The van der Waals surface area contributed by atoms with Crippen LogP contribution in [0.25, 0.3) is 0 Å². The Hall–Kier alpha value is -2.29. The summed E-state index contributed by atoms with van der Waals surface area (Å²) in [6.07, 6.45) is 1.62. The molecule has 0 spiro atoms. The summed E-state index contributed by atoms with van der Waals surface area (Å²) in [5.41, 5.74) is 4.39. The zero-order valence-corrected chi connectivity index (χ0v) is 15.9. The summed E-state index contributed by atoms with van der Waals surface area (Å²) in [6, 6.07) is 14.1. The molecule has 25 heavy (non-hydrogen) atoms. The SMILES string of the molecule is CCCc1ccc(OC(C)C(=O)Nc2c(C)cccc2C(C)C)cc1. The average molecular weight is 339 g/mol. The summed E-state index contributed by atoms with van der Waals surface area (Å²) in [6.45, 7) is 10.2. The number of carbonyl (C=O) groups is 1. The lowest BCUT2D eigenvalue weighted by atomic mass is 9.98. The molecule has 2 rings (SSSR count). The molecule has 0 saturated carbocycles. The first-order chi connectivity index (χ1) is 11.9. The minimum atomic E-state index is -0.559. The second kappa shape index (κ2) is 8.70. The highest BCUT2D eigenvalue weighted by Crippen LogP contribution is 2.27. The number of hydrogen-bond acceptors (Lipinski definition) is 2. The smallest absolute Gasteiger partial charge is 0.265 e. The van der Waals surface area contributed by atoms with Gasteiger partial charge in [0.2, 0.25) is 0 Å². The molecule has 0 saturated heterocycles. The van der Waals surface area contributed by atoms with Crippen LogP contribution in [0.1, 0.15) is 56.7 Å². The van der Waals surface area contributed by atoms with Gasteiger partial charge in [-0.25, -0.2) is 0 Å². The summed E-state index contributed by atoms with van der Waals surface area (Å²) in [5.74, 6) is 0.933. The molecule has 0 aliphatic heterocycles. The number of anilines is 1. The Bertz CT molecular complexity index is 704. The average Bonchev–Trinajstić information content (AvgIpc) is 2.58. The number of amides is 1. The molecule has 2 aromatic carbocycles. The van der Waals surface area contributed by atoms with Gasteiger partial charge in [0.05, 0.1) is 0 Å². The van der Waals surface area contributed by atoms with E-state index in [1.807, 2.05) is 31.2 Å². The van der Waals surface area contributed by atoms with Crippen molar-refractivity contribution < 1.29 is 9.53 Å². The first-order valence-electron chi connectivity index (χ1n) is 9.08. The summed E-state index contributed by atoms with van der Waals surface area (Å²) in [7, 11) is 0.